The van der Waals surface area contributed by atoms with E-state index in [0.717, 1.165) is 0 Å². The maximum atomic E-state index is 10.6. The Kier molecular flexibility index (Phi) is 3.70. The summed E-state index contributed by atoms with van der Waals surface area (Å²) in [6, 6.07) is 10.2. The van der Waals surface area contributed by atoms with Crippen LogP contribution in [0.1, 0.15) is 0 Å². The number of fused-ring (bicyclic) bond motifs is 1. The molecule has 1 aromatic heterocycles. The summed E-state index contributed by atoms with van der Waals surface area (Å²) in [4.78, 5) is 1.29. The quantitative estimate of drug-likeness (QED) is 0.330. The number of rotatable bonds is 3. The molecule has 0 bridgehead atoms. The topological polar surface area (TPSA) is 119 Å². The van der Waals surface area contributed by atoms with Gasteiger partial charge < -0.3 is 10.2 Å². The lowest BCUT2D eigenvalue weighted by Gasteiger charge is -2.11. The molecule has 0 unspecified atom stereocenters. The Morgan fingerprint density at radius 1 is 0.962 bits per heavy atom. The largest absolute Gasteiger partial charge is 0.506 e. The maximum Gasteiger partial charge on any atom is 0.172 e. The van der Waals surface area contributed by atoms with Crippen molar-refractivity contribution in [2.75, 3.05) is 5.43 Å². The first-order valence-corrected chi connectivity index (χ1v) is 7.78. The molecule has 1 aliphatic carbocycles. The number of benzene rings is 2. The Balaban J connectivity index is 1.73. The lowest BCUT2D eigenvalue weighted by molar-refractivity contribution is 0.450. The minimum absolute atomic E-state index is 0.00658. The Bertz CT molecular complexity index is 1080. The first kappa shape index (κ1) is 15.6. The van der Waals surface area contributed by atoms with Gasteiger partial charge in [-0.05, 0) is 36.4 Å². The predicted molar refractivity (Wildman–Crippen MR) is 99.3 cm³/mol. The molecule has 0 amide bonds. The maximum absolute atomic E-state index is 10.6. The van der Waals surface area contributed by atoms with Crippen LogP contribution < -0.4 is 5.43 Å². The van der Waals surface area contributed by atoms with Crippen LogP contribution >= 0.6 is 0 Å². The second kappa shape index (κ2) is 6.17. The molecule has 0 radical (unpaired) electrons. The molecule has 0 fully saturated rings. The zero-order chi connectivity index (χ0) is 18.1. The van der Waals surface area contributed by atoms with Crippen LogP contribution in [-0.4, -0.2) is 36.6 Å². The lowest BCUT2D eigenvalue weighted by atomic mass is 10.1. The van der Waals surface area contributed by atoms with Gasteiger partial charge in [0.05, 0.1) is 5.71 Å². The molecule has 26 heavy (non-hydrogen) atoms. The van der Waals surface area contributed by atoms with Crippen molar-refractivity contribution in [3.63, 3.8) is 0 Å². The van der Waals surface area contributed by atoms with Gasteiger partial charge in [0.15, 0.2) is 5.75 Å². The van der Waals surface area contributed by atoms with Gasteiger partial charge in [-0.1, -0.05) is 24.3 Å². The van der Waals surface area contributed by atoms with Crippen molar-refractivity contribution in [3.05, 3.63) is 60.7 Å². The molecule has 0 atom stereocenters. The number of allylic oxidation sites excluding steroid dienone is 4. The van der Waals surface area contributed by atoms with Crippen LogP contribution in [0.3, 0.4) is 0 Å². The average Bonchev–Trinajstić information content (AvgIpc) is 3.06. The van der Waals surface area contributed by atoms with E-state index in [4.69, 9.17) is 5.41 Å². The molecule has 1 heterocycles. The minimum Gasteiger partial charge on any atom is -0.506 e. The molecule has 4 N–H and O–H groups in total. The molecule has 0 saturated heterocycles. The molecule has 128 valence electrons. The number of phenols is 2. The molecule has 8 heteroatoms. The summed E-state index contributed by atoms with van der Waals surface area (Å²) in [5.41, 5.74) is 4.87. The van der Waals surface area contributed by atoms with Gasteiger partial charge in [0, 0.05) is 0 Å². The zero-order valence-corrected chi connectivity index (χ0v) is 13.5. The number of phenolic OH excluding ortho intramolecular Hbond substituents is 2. The second-order valence-electron chi connectivity index (χ2n) is 5.55. The Morgan fingerprint density at radius 3 is 2.35 bits per heavy atom. The van der Waals surface area contributed by atoms with E-state index in [1.54, 1.807) is 24.3 Å². The third kappa shape index (κ3) is 2.69. The second-order valence-corrected chi connectivity index (χ2v) is 5.55. The third-order valence-corrected chi connectivity index (χ3v) is 3.83. The van der Waals surface area contributed by atoms with Gasteiger partial charge in [-0.15, -0.1) is 15.0 Å². The first-order valence-electron chi connectivity index (χ1n) is 7.78. The van der Waals surface area contributed by atoms with E-state index in [1.165, 1.54) is 16.9 Å². The van der Waals surface area contributed by atoms with Crippen LogP contribution in [0.25, 0.3) is 16.7 Å². The van der Waals surface area contributed by atoms with E-state index in [1.807, 2.05) is 24.3 Å². The van der Waals surface area contributed by atoms with E-state index >= 15 is 0 Å². The van der Waals surface area contributed by atoms with Crippen molar-refractivity contribution >= 4 is 28.1 Å². The fourth-order valence-corrected chi connectivity index (χ4v) is 2.50. The number of hydrazone groups is 1. The number of nitrogens with zero attached hydrogens (tertiary/aromatic N) is 4. The minimum atomic E-state index is -0.253. The molecule has 1 aliphatic rings. The van der Waals surface area contributed by atoms with Crippen molar-refractivity contribution in [1.82, 2.24) is 15.0 Å². The number of hydrogen-bond donors (Lipinski definition) is 4. The van der Waals surface area contributed by atoms with Crippen LogP contribution in [0.4, 0.5) is 5.69 Å². The number of aromatic nitrogens is 3. The molecule has 0 spiro atoms. The smallest absolute Gasteiger partial charge is 0.172 e. The normalized spacial score (nSPS) is 15.1. The molecule has 2 aromatic carbocycles. The van der Waals surface area contributed by atoms with Gasteiger partial charge in [-0.2, -0.15) is 5.10 Å². The summed E-state index contributed by atoms with van der Waals surface area (Å²) in [6.45, 7) is 0. The van der Waals surface area contributed by atoms with E-state index in [2.05, 4.69) is 20.7 Å². The van der Waals surface area contributed by atoms with Gasteiger partial charge in [0.1, 0.15) is 33.9 Å². The monoisotopic (exact) mass is 346 g/mol. The molecule has 8 nitrogen and oxygen atoms in total. The summed E-state index contributed by atoms with van der Waals surface area (Å²) in [5, 5.41) is 41.1. The molecule has 3 aromatic rings. The van der Waals surface area contributed by atoms with Crippen LogP contribution in [0.2, 0.25) is 0 Å². The SMILES string of the molecule is N=C1C=CC=C/C1=N/Nc1c(O)ccc(-n2nc3ccccc3n2)c1O. The van der Waals surface area contributed by atoms with Crippen molar-refractivity contribution in [2.24, 2.45) is 5.10 Å². The lowest BCUT2D eigenvalue weighted by Crippen LogP contribution is -2.12. The summed E-state index contributed by atoms with van der Waals surface area (Å²) >= 11 is 0. The van der Waals surface area contributed by atoms with E-state index in [9.17, 15) is 10.2 Å². The van der Waals surface area contributed by atoms with Gasteiger partial charge >= 0.3 is 0 Å². The predicted octanol–water partition coefficient (Wildman–Crippen LogP) is 2.75. The van der Waals surface area contributed by atoms with Gasteiger partial charge in [0.2, 0.25) is 0 Å². The van der Waals surface area contributed by atoms with Gasteiger partial charge in [-0.25, -0.2) is 0 Å². The van der Waals surface area contributed by atoms with Gasteiger partial charge in [-0.3, -0.25) is 10.8 Å². The van der Waals surface area contributed by atoms with Crippen molar-refractivity contribution in [3.8, 4) is 17.2 Å². The van der Waals surface area contributed by atoms with E-state index < -0.39 is 0 Å². The fourth-order valence-electron chi connectivity index (χ4n) is 2.50. The van der Waals surface area contributed by atoms with Gasteiger partial charge in [0.25, 0.3) is 0 Å². The highest BCUT2D eigenvalue weighted by Gasteiger charge is 2.16. The highest BCUT2D eigenvalue weighted by Crippen LogP contribution is 2.37. The summed E-state index contributed by atoms with van der Waals surface area (Å²) < 4.78 is 0. The summed E-state index contributed by atoms with van der Waals surface area (Å²) in [5.74, 6) is -0.439. The van der Waals surface area contributed by atoms with Crippen LogP contribution in [0.15, 0.2) is 65.8 Å². The van der Waals surface area contributed by atoms with Crippen LogP contribution in [0.5, 0.6) is 11.5 Å². The number of nitrogens with one attached hydrogen (secondary N) is 2. The van der Waals surface area contributed by atoms with Crippen LogP contribution in [-0.2, 0) is 0 Å². The summed E-state index contributed by atoms with van der Waals surface area (Å²) in [7, 11) is 0. The van der Waals surface area contributed by atoms with Crippen molar-refractivity contribution in [1.29, 1.82) is 5.41 Å². The van der Waals surface area contributed by atoms with Crippen LogP contribution in [0, 0.1) is 5.41 Å². The fraction of sp³-hybridized carbons (Fsp3) is 0. The molecular formula is C18H14N6O2. The molecular weight excluding hydrogens is 332 g/mol. The first-order chi connectivity index (χ1) is 12.6. The highest BCUT2D eigenvalue weighted by atomic mass is 16.3. The van der Waals surface area contributed by atoms with Crippen molar-refractivity contribution in [2.45, 2.75) is 0 Å². The van der Waals surface area contributed by atoms with Crippen molar-refractivity contribution < 1.29 is 10.2 Å². The third-order valence-electron chi connectivity index (χ3n) is 3.83. The average molecular weight is 346 g/mol. The number of hydrogen-bond acceptors (Lipinski definition) is 7. The highest BCUT2D eigenvalue weighted by molar-refractivity contribution is 6.50. The molecule has 0 aliphatic heterocycles. The van der Waals surface area contributed by atoms with E-state index in [0.29, 0.717) is 16.7 Å². The molecule has 4 rings (SSSR count). The summed E-state index contributed by atoms with van der Waals surface area (Å²) in [6.07, 6.45) is 6.71. The number of anilines is 1. The number of aromatic hydroxyl groups is 2. The Labute approximate surface area is 147 Å². The zero-order valence-electron chi connectivity index (χ0n) is 13.5. The Morgan fingerprint density at radius 2 is 1.65 bits per heavy atom. The van der Waals surface area contributed by atoms with E-state index in [-0.39, 0.29) is 28.6 Å². The molecule has 0 saturated carbocycles. The Hall–Kier alpha value is -3.94. The standard InChI is InChI=1S/C18H14N6O2/c19-11-5-1-2-6-12(11)20-21-17-16(25)10-9-15(18(17)26)24-22-13-7-3-4-8-14(13)23-24/h1-10,19,21,25-26H/b19-11?,20-12-.